The molecule has 0 fully saturated rings. The fourth-order valence-electron chi connectivity index (χ4n) is 6.11. The Morgan fingerprint density at radius 1 is 1.10 bits per heavy atom. The van der Waals surface area contributed by atoms with E-state index in [1.807, 2.05) is 64.1 Å². The SMILES string of the molecule is CC[C@H](C)C(NC(=O)OCc1ccccc1)C(=O)N[C@@]1(C(=O)NC(c2nc(C#N)no2)[C@@H](C)CC)CCc2[nH]c3c(Cl)cc(Cl)cc3c2C1. The standard InChI is InChI=1S/C35H39Cl2N7O5/c1-5-19(3)28(42-34(47)48-18-21-10-8-7-9-11-21)31(45)43-35(33(46)41-29(20(4)6-2)32-40-27(17-38)44-49-32)13-12-26-24(16-35)23-14-22(36)15-25(37)30(23)39-26/h7-11,14-15,19-20,28-29,39H,5-6,12-13,16,18H2,1-4H3,(H,41,46)(H,42,47)(H,43,45)/t19-,20-,28?,29?,35-/m0/s1. The first kappa shape index (κ1) is 35.7. The van der Waals surface area contributed by atoms with Gasteiger partial charge in [-0.05, 0) is 53.1 Å². The zero-order chi connectivity index (χ0) is 35.3. The normalized spacial score (nSPS) is 18.0. The van der Waals surface area contributed by atoms with Crippen molar-refractivity contribution in [1.29, 1.82) is 5.26 Å². The van der Waals surface area contributed by atoms with Gasteiger partial charge < -0.3 is 30.2 Å². The van der Waals surface area contributed by atoms with E-state index >= 15 is 0 Å². The van der Waals surface area contributed by atoms with Gasteiger partial charge in [0.25, 0.3) is 5.82 Å². The number of benzene rings is 2. The zero-order valence-electron chi connectivity index (χ0n) is 27.7. The van der Waals surface area contributed by atoms with E-state index in [1.165, 1.54) is 0 Å². The lowest BCUT2D eigenvalue weighted by Crippen LogP contribution is -2.65. The maximum Gasteiger partial charge on any atom is 0.408 e. The zero-order valence-corrected chi connectivity index (χ0v) is 29.2. The molecule has 3 amide bonds. The van der Waals surface area contributed by atoms with E-state index in [0.29, 0.717) is 34.8 Å². The summed E-state index contributed by atoms with van der Waals surface area (Å²) in [5.74, 6) is -1.55. The lowest BCUT2D eigenvalue weighted by Gasteiger charge is -2.39. The van der Waals surface area contributed by atoms with Gasteiger partial charge in [0.15, 0.2) is 0 Å². The molecule has 1 aliphatic rings. The molecule has 1 aliphatic carbocycles. The Balaban J connectivity index is 1.48. The highest BCUT2D eigenvalue weighted by Gasteiger charge is 2.47. The largest absolute Gasteiger partial charge is 0.445 e. The number of ether oxygens (including phenoxy) is 1. The van der Waals surface area contributed by atoms with Crippen LogP contribution in [0.15, 0.2) is 47.0 Å². The predicted molar refractivity (Wildman–Crippen MR) is 184 cm³/mol. The van der Waals surface area contributed by atoms with Crippen molar-refractivity contribution in [1.82, 2.24) is 31.1 Å². The lowest BCUT2D eigenvalue weighted by molar-refractivity contribution is -0.136. The fourth-order valence-corrected chi connectivity index (χ4v) is 6.65. The average Bonchev–Trinajstić information content (AvgIpc) is 3.73. The van der Waals surface area contributed by atoms with Crippen molar-refractivity contribution >= 4 is 52.0 Å². The molecular formula is C35H39Cl2N7O5. The molecule has 2 unspecified atom stereocenters. The number of amides is 3. The van der Waals surface area contributed by atoms with Crippen LogP contribution in [0.4, 0.5) is 4.79 Å². The first-order valence-corrected chi connectivity index (χ1v) is 17.1. The summed E-state index contributed by atoms with van der Waals surface area (Å²) < 4.78 is 10.8. The summed E-state index contributed by atoms with van der Waals surface area (Å²) in [5.41, 5.74) is 1.69. The Bertz CT molecular complexity index is 1870. The first-order valence-electron chi connectivity index (χ1n) is 16.3. The van der Waals surface area contributed by atoms with Crippen molar-refractivity contribution in [3.05, 3.63) is 81.0 Å². The summed E-state index contributed by atoms with van der Waals surface area (Å²) in [4.78, 5) is 49.4. The van der Waals surface area contributed by atoms with Gasteiger partial charge in [-0.2, -0.15) is 10.2 Å². The second kappa shape index (κ2) is 15.3. The highest BCUT2D eigenvalue weighted by Crippen LogP contribution is 2.39. The third kappa shape index (κ3) is 7.84. The van der Waals surface area contributed by atoms with E-state index in [0.717, 1.165) is 22.2 Å². The minimum absolute atomic E-state index is 0.0303. The molecule has 5 atom stereocenters. The van der Waals surface area contributed by atoms with Crippen molar-refractivity contribution in [2.75, 3.05) is 0 Å². The molecule has 0 saturated heterocycles. The Labute approximate surface area is 294 Å². The van der Waals surface area contributed by atoms with E-state index < -0.39 is 35.5 Å². The van der Waals surface area contributed by atoms with Gasteiger partial charge in [0, 0.05) is 22.5 Å². The molecule has 2 aromatic heterocycles. The number of nitriles is 1. The summed E-state index contributed by atoms with van der Waals surface area (Å²) in [5, 5.41) is 23.5. The van der Waals surface area contributed by atoms with Crippen LogP contribution in [0.25, 0.3) is 10.9 Å². The number of H-pyrrole nitrogens is 1. The lowest BCUT2D eigenvalue weighted by atomic mass is 9.78. The van der Waals surface area contributed by atoms with Gasteiger partial charge in [-0.3, -0.25) is 9.59 Å². The summed E-state index contributed by atoms with van der Waals surface area (Å²) >= 11 is 12.9. The van der Waals surface area contributed by atoms with Crippen LogP contribution in [0, 0.1) is 23.2 Å². The molecule has 0 aliphatic heterocycles. The number of alkyl carbamates (subject to hydrolysis) is 1. The van der Waals surface area contributed by atoms with Crippen LogP contribution in [0.1, 0.15) is 81.5 Å². The molecule has 258 valence electrons. The molecule has 5 rings (SSSR count). The monoisotopic (exact) mass is 707 g/mol. The number of nitrogens with one attached hydrogen (secondary N) is 4. The molecule has 2 aromatic carbocycles. The van der Waals surface area contributed by atoms with Crippen LogP contribution >= 0.6 is 23.2 Å². The Hall–Kier alpha value is -4.60. The highest BCUT2D eigenvalue weighted by atomic mass is 35.5. The minimum Gasteiger partial charge on any atom is -0.445 e. The third-order valence-corrected chi connectivity index (χ3v) is 9.90. The van der Waals surface area contributed by atoms with Gasteiger partial charge >= 0.3 is 6.09 Å². The van der Waals surface area contributed by atoms with Gasteiger partial charge in [0.1, 0.15) is 30.3 Å². The summed E-state index contributed by atoms with van der Waals surface area (Å²) in [6.07, 6.45) is 1.18. The third-order valence-electron chi connectivity index (χ3n) is 9.39. The number of nitrogens with zero attached hydrogens (tertiary/aromatic N) is 3. The Kier molecular flexibility index (Phi) is 11.2. The van der Waals surface area contributed by atoms with Gasteiger partial charge in [-0.1, -0.05) is 94.1 Å². The number of aryl methyl sites for hydroxylation is 1. The number of carbonyl (C=O) groups excluding carboxylic acids is 3. The number of hydrogen-bond donors (Lipinski definition) is 4. The molecule has 0 radical (unpaired) electrons. The second-order valence-electron chi connectivity index (χ2n) is 12.6. The quantitative estimate of drug-likeness (QED) is 0.132. The number of aromatic nitrogens is 3. The van der Waals surface area contributed by atoms with Crippen molar-refractivity contribution < 1.29 is 23.6 Å². The van der Waals surface area contributed by atoms with Gasteiger partial charge in [-0.25, -0.2) is 4.79 Å². The minimum atomic E-state index is -1.47. The van der Waals surface area contributed by atoms with Crippen LogP contribution in [-0.2, 0) is 33.8 Å². The average molecular weight is 709 g/mol. The Morgan fingerprint density at radius 3 is 2.51 bits per heavy atom. The second-order valence-corrected chi connectivity index (χ2v) is 13.5. The molecule has 0 saturated carbocycles. The molecule has 0 spiro atoms. The van der Waals surface area contributed by atoms with Crippen LogP contribution in [0.5, 0.6) is 0 Å². The predicted octanol–water partition coefficient (Wildman–Crippen LogP) is 6.32. The van der Waals surface area contributed by atoms with E-state index in [9.17, 15) is 19.6 Å². The molecular weight excluding hydrogens is 669 g/mol. The molecule has 49 heavy (non-hydrogen) atoms. The number of aromatic amines is 1. The van der Waals surface area contributed by atoms with E-state index in [-0.39, 0.29) is 43.0 Å². The maximum absolute atomic E-state index is 14.6. The Morgan fingerprint density at radius 2 is 1.84 bits per heavy atom. The summed E-state index contributed by atoms with van der Waals surface area (Å²) in [7, 11) is 0. The van der Waals surface area contributed by atoms with Crippen molar-refractivity contribution in [2.24, 2.45) is 11.8 Å². The van der Waals surface area contributed by atoms with E-state index in [1.54, 1.807) is 12.1 Å². The highest BCUT2D eigenvalue weighted by molar-refractivity contribution is 6.38. The molecule has 4 aromatic rings. The van der Waals surface area contributed by atoms with Crippen LogP contribution in [0.3, 0.4) is 0 Å². The first-order chi connectivity index (χ1) is 23.5. The van der Waals surface area contributed by atoms with Crippen LogP contribution in [0.2, 0.25) is 10.0 Å². The van der Waals surface area contributed by atoms with Gasteiger partial charge in [0.2, 0.25) is 17.7 Å². The summed E-state index contributed by atoms with van der Waals surface area (Å²) in [6.45, 7) is 7.65. The molecule has 2 heterocycles. The van der Waals surface area contributed by atoms with Gasteiger partial charge in [-0.15, -0.1) is 0 Å². The molecule has 4 N–H and O–H groups in total. The number of rotatable bonds is 12. The van der Waals surface area contributed by atoms with Crippen molar-refractivity contribution in [3.63, 3.8) is 0 Å². The van der Waals surface area contributed by atoms with Crippen molar-refractivity contribution in [3.8, 4) is 6.07 Å². The summed E-state index contributed by atoms with van der Waals surface area (Å²) in [6, 6.07) is 12.7. The molecule has 12 nitrogen and oxygen atoms in total. The van der Waals surface area contributed by atoms with Crippen LogP contribution in [-0.4, -0.2) is 44.6 Å². The molecule has 14 heteroatoms. The topological polar surface area (TPSA) is 175 Å². The molecule has 0 bridgehead atoms. The fraction of sp³-hybridized carbons (Fsp3) is 0.429. The van der Waals surface area contributed by atoms with E-state index in [4.69, 9.17) is 32.5 Å². The number of carbonyl (C=O) groups is 3. The van der Waals surface area contributed by atoms with Crippen LogP contribution < -0.4 is 16.0 Å². The number of hydrogen-bond acceptors (Lipinski definition) is 8. The van der Waals surface area contributed by atoms with E-state index in [2.05, 4.69) is 31.1 Å². The van der Waals surface area contributed by atoms with Crippen molar-refractivity contribution in [2.45, 2.75) is 84.0 Å². The smallest absolute Gasteiger partial charge is 0.408 e. The maximum atomic E-state index is 14.6. The van der Waals surface area contributed by atoms with Gasteiger partial charge in [0.05, 0.1) is 10.5 Å². The number of fused-ring (bicyclic) bond motifs is 3. The number of halogens is 2.